The zero-order valence-electron chi connectivity index (χ0n) is 10.5. The second-order valence-corrected chi connectivity index (χ2v) is 4.11. The summed E-state index contributed by atoms with van der Waals surface area (Å²) < 4.78 is 5.26. The Morgan fingerprint density at radius 2 is 2.19 bits per heavy atom. The van der Waals surface area contributed by atoms with Crippen LogP contribution in [0.25, 0.3) is 0 Å². The van der Waals surface area contributed by atoms with Crippen LogP contribution in [0, 0.1) is 0 Å². The van der Waals surface area contributed by atoms with Gasteiger partial charge in [-0.1, -0.05) is 19.9 Å². The van der Waals surface area contributed by atoms with Crippen molar-refractivity contribution in [2.45, 2.75) is 33.1 Å². The predicted octanol–water partition coefficient (Wildman–Crippen LogP) is 3.04. The Kier molecular flexibility index (Phi) is 5.86. The van der Waals surface area contributed by atoms with E-state index in [2.05, 4.69) is 30.2 Å². The molecule has 0 aromatic carbocycles. The van der Waals surface area contributed by atoms with Gasteiger partial charge in [0, 0.05) is 26.0 Å². The highest BCUT2D eigenvalue weighted by Gasteiger charge is 1.99. The molecule has 1 heterocycles. The number of ether oxygens (including phenoxy) is 1. The molecule has 0 amide bonds. The molecule has 0 saturated carbocycles. The van der Waals surface area contributed by atoms with Gasteiger partial charge in [-0.3, -0.25) is 0 Å². The van der Waals surface area contributed by atoms with E-state index in [1.165, 1.54) is 5.56 Å². The van der Waals surface area contributed by atoms with Gasteiger partial charge in [-0.05, 0) is 30.9 Å². The Morgan fingerprint density at radius 3 is 2.75 bits per heavy atom. The summed E-state index contributed by atoms with van der Waals surface area (Å²) in [5.74, 6) is 1.49. The van der Waals surface area contributed by atoms with Crippen molar-refractivity contribution in [1.29, 1.82) is 0 Å². The van der Waals surface area contributed by atoms with Crippen LogP contribution in [-0.4, -0.2) is 24.7 Å². The number of hydrogen-bond acceptors (Lipinski definition) is 3. The molecule has 0 spiro atoms. The molecule has 0 bridgehead atoms. The van der Waals surface area contributed by atoms with Crippen LogP contribution in [0.5, 0.6) is 0 Å². The summed E-state index contributed by atoms with van der Waals surface area (Å²) in [7, 11) is 0. The zero-order chi connectivity index (χ0) is 11.8. The van der Waals surface area contributed by atoms with Crippen molar-refractivity contribution in [2.24, 2.45) is 0 Å². The summed E-state index contributed by atoms with van der Waals surface area (Å²) in [6, 6.07) is 4.17. The van der Waals surface area contributed by atoms with E-state index in [1.807, 2.05) is 19.2 Å². The predicted molar refractivity (Wildman–Crippen MR) is 67.9 cm³/mol. The quantitative estimate of drug-likeness (QED) is 0.720. The van der Waals surface area contributed by atoms with E-state index in [4.69, 9.17) is 4.74 Å². The van der Waals surface area contributed by atoms with Crippen LogP contribution in [0.4, 0.5) is 5.82 Å². The lowest BCUT2D eigenvalue weighted by Gasteiger charge is -2.08. The fraction of sp³-hybridized carbons (Fsp3) is 0.615. The average molecular weight is 222 g/mol. The first-order chi connectivity index (χ1) is 7.74. The molecule has 1 aromatic heterocycles. The lowest BCUT2D eigenvalue weighted by atomic mass is 10.1. The molecule has 0 aliphatic heterocycles. The monoisotopic (exact) mass is 222 g/mol. The number of rotatable bonds is 7. The van der Waals surface area contributed by atoms with Crippen molar-refractivity contribution in [2.75, 3.05) is 25.1 Å². The van der Waals surface area contributed by atoms with Crippen molar-refractivity contribution >= 4 is 5.82 Å². The summed E-state index contributed by atoms with van der Waals surface area (Å²) in [4.78, 5) is 4.37. The number of anilines is 1. The third kappa shape index (κ3) is 4.62. The molecule has 0 fully saturated rings. The normalized spacial score (nSPS) is 10.8. The highest BCUT2D eigenvalue weighted by Crippen LogP contribution is 2.14. The maximum atomic E-state index is 5.26. The number of pyridine rings is 1. The van der Waals surface area contributed by atoms with E-state index >= 15 is 0 Å². The summed E-state index contributed by atoms with van der Waals surface area (Å²) in [5.41, 5.74) is 1.28. The maximum Gasteiger partial charge on any atom is 0.125 e. The number of hydrogen-bond donors (Lipinski definition) is 1. The van der Waals surface area contributed by atoms with Crippen molar-refractivity contribution < 1.29 is 4.74 Å². The number of aromatic nitrogens is 1. The third-order valence-corrected chi connectivity index (χ3v) is 2.43. The molecule has 0 aliphatic carbocycles. The number of nitrogens with zero attached hydrogens (tertiary/aromatic N) is 1. The second kappa shape index (κ2) is 7.23. The largest absolute Gasteiger partial charge is 0.382 e. The Hall–Kier alpha value is -1.09. The van der Waals surface area contributed by atoms with Crippen LogP contribution >= 0.6 is 0 Å². The van der Waals surface area contributed by atoms with Crippen molar-refractivity contribution in [3.05, 3.63) is 23.9 Å². The first-order valence-corrected chi connectivity index (χ1v) is 6.01. The van der Waals surface area contributed by atoms with Crippen molar-refractivity contribution in [3.63, 3.8) is 0 Å². The van der Waals surface area contributed by atoms with Crippen LogP contribution in [-0.2, 0) is 4.74 Å². The average Bonchev–Trinajstić information content (AvgIpc) is 2.29. The standard InChI is InChI=1S/C13H22N2O/c1-4-16-9-5-8-14-13-7-6-12(10-15-13)11(2)3/h6-7,10-11H,4-5,8-9H2,1-3H3,(H,14,15). The Labute approximate surface area is 98.2 Å². The van der Waals surface area contributed by atoms with E-state index in [0.29, 0.717) is 5.92 Å². The molecule has 3 heteroatoms. The number of nitrogens with one attached hydrogen (secondary N) is 1. The molecule has 0 atom stereocenters. The van der Waals surface area contributed by atoms with Crippen LogP contribution in [0.1, 0.15) is 38.7 Å². The van der Waals surface area contributed by atoms with E-state index in [-0.39, 0.29) is 0 Å². The Balaban J connectivity index is 2.27. The lowest BCUT2D eigenvalue weighted by Crippen LogP contribution is -2.06. The lowest BCUT2D eigenvalue weighted by molar-refractivity contribution is 0.147. The van der Waals surface area contributed by atoms with E-state index in [0.717, 1.165) is 32.0 Å². The fourth-order valence-corrected chi connectivity index (χ4v) is 1.39. The summed E-state index contributed by atoms with van der Waals surface area (Å²) in [6.45, 7) is 8.88. The van der Waals surface area contributed by atoms with Gasteiger partial charge in [0.2, 0.25) is 0 Å². The zero-order valence-corrected chi connectivity index (χ0v) is 10.5. The van der Waals surface area contributed by atoms with Crippen LogP contribution in [0.3, 0.4) is 0 Å². The van der Waals surface area contributed by atoms with Gasteiger partial charge in [0.05, 0.1) is 0 Å². The molecule has 3 nitrogen and oxygen atoms in total. The van der Waals surface area contributed by atoms with Crippen LogP contribution in [0.2, 0.25) is 0 Å². The molecule has 0 unspecified atom stereocenters. The van der Waals surface area contributed by atoms with Crippen LogP contribution in [0.15, 0.2) is 18.3 Å². The highest BCUT2D eigenvalue weighted by atomic mass is 16.5. The molecule has 1 rings (SSSR count). The van der Waals surface area contributed by atoms with Gasteiger partial charge in [-0.2, -0.15) is 0 Å². The van der Waals surface area contributed by atoms with Gasteiger partial charge in [-0.25, -0.2) is 4.98 Å². The van der Waals surface area contributed by atoms with Crippen LogP contribution < -0.4 is 5.32 Å². The third-order valence-electron chi connectivity index (χ3n) is 2.43. The Morgan fingerprint density at radius 1 is 1.38 bits per heavy atom. The maximum absolute atomic E-state index is 5.26. The van der Waals surface area contributed by atoms with E-state index in [1.54, 1.807) is 0 Å². The first-order valence-electron chi connectivity index (χ1n) is 6.01. The van der Waals surface area contributed by atoms with E-state index < -0.39 is 0 Å². The molecule has 0 aliphatic rings. The minimum absolute atomic E-state index is 0.541. The van der Waals surface area contributed by atoms with Gasteiger partial charge in [0.1, 0.15) is 5.82 Å². The summed E-state index contributed by atoms with van der Waals surface area (Å²) >= 11 is 0. The van der Waals surface area contributed by atoms with Gasteiger partial charge in [0.25, 0.3) is 0 Å². The smallest absolute Gasteiger partial charge is 0.125 e. The molecule has 1 aromatic rings. The van der Waals surface area contributed by atoms with Gasteiger partial charge in [-0.15, -0.1) is 0 Å². The second-order valence-electron chi connectivity index (χ2n) is 4.11. The highest BCUT2D eigenvalue weighted by molar-refractivity contribution is 5.35. The molecule has 0 saturated heterocycles. The molecule has 1 N–H and O–H groups in total. The fourth-order valence-electron chi connectivity index (χ4n) is 1.39. The summed E-state index contributed by atoms with van der Waals surface area (Å²) in [6.07, 6.45) is 2.96. The molecule has 90 valence electrons. The van der Waals surface area contributed by atoms with Gasteiger partial charge in [0.15, 0.2) is 0 Å². The molecular weight excluding hydrogens is 200 g/mol. The minimum atomic E-state index is 0.541. The molecule has 0 radical (unpaired) electrons. The first kappa shape index (κ1) is 13.0. The molecule has 16 heavy (non-hydrogen) atoms. The topological polar surface area (TPSA) is 34.1 Å². The van der Waals surface area contributed by atoms with Crippen molar-refractivity contribution in [3.8, 4) is 0 Å². The molecular formula is C13H22N2O. The minimum Gasteiger partial charge on any atom is -0.382 e. The van der Waals surface area contributed by atoms with Gasteiger partial charge < -0.3 is 10.1 Å². The van der Waals surface area contributed by atoms with Crippen molar-refractivity contribution in [1.82, 2.24) is 4.98 Å². The summed E-state index contributed by atoms with van der Waals surface area (Å²) in [5, 5.41) is 3.28. The van der Waals surface area contributed by atoms with E-state index in [9.17, 15) is 0 Å². The Bertz CT molecular complexity index is 282. The SMILES string of the molecule is CCOCCCNc1ccc(C(C)C)cn1. The van der Waals surface area contributed by atoms with Gasteiger partial charge >= 0.3 is 0 Å².